The molecule has 1 saturated heterocycles. The van der Waals surface area contributed by atoms with E-state index in [4.69, 9.17) is 21.1 Å². The van der Waals surface area contributed by atoms with Gasteiger partial charge in [-0.1, -0.05) is 29.8 Å². The van der Waals surface area contributed by atoms with Gasteiger partial charge >= 0.3 is 11.9 Å². The highest BCUT2D eigenvalue weighted by Gasteiger charge is 2.30. The van der Waals surface area contributed by atoms with E-state index in [0.29, 0.717) is 16.3 Å². The first-order chi connectivity index (χ1) is 11.1. The molecule has 0 saturated carbocycles. The Labute approximate surface area is 140 Å². The lowest BCUT2D eigenvalue weighted by molar-refractivity contribution is -0.159. The number of rotatable bonds is 4. The van der Waals surface area contributed by atoms with Crippen molar-refractivity contribution in [1.29, 1.82) is 0 Å². The first-order valence-corrected chi connectivity index (χ1v) is 8.07. The predicted octanol–water partition coefficient (Wildman–Crippen LogP) is 2.14. The average molecular weight is 354 g/mol. The van der Waals surface area contributed by atoms with Crippen LogP contribution in [0, 0.1) is 0 Å². The minimum absolute atomic E-state index is 0.237. The largest absolute Gasteiger partial charge is 0.463 e. The SMILES string of the molecule is O=C(CNC(=O)c1sc2ccccc2c1Cl)O[C@H]1CCOC1=O. The zero-order chi connectivity index (χ0) is 16.4. The maximum absolute atomic E-state index is 12.2. The normalized spacial score (nSPS) is 17.1. The summed E-state index contributed by atoms with van der Waals surface area (Å²) >= 11 is 7.44. The van der Waals surface area contributed by atoms with Crippen molar-refractivity contribution in [2.75, 3.05) is 13.2 Å². The lowest BCUT2D eigenvalue weighted by atomic mass is 10.2. The van der Waals surface area contributed by atoms with Crippen molar-refractivity contribution in [3.05, 3.63) is 34.2 Å². The summed E-state index contributed by atoms with van der Waals surface area (Å²) in [7, 11) is 0. The van der Waals surface area contributed by atoms with Crippen LogP contribution in [0.15, 0.2) is 24.3 Å². The standard InChI is InChI=1S/C15H12ClNO5S/c16-12-8-3-1-2-4-10(8)23-13(12)14(19)17-7-11(18)22-9-5-6-21-15(9)20/h1-4,9H,5-7H2,(H,17,19)/t9-/m0/s1. The van der Waals surface area contributed by atoms with Crippen LogP contribution >= 0.6 is 22.9 Å². The number of ether oxygens (including phenoxy) is 2. The molecule has 1 aliphatic heterocycles. The molecular formula is C15H12ClNO5S. The average Bonchev–Trinajstić information content (AvgIpc) is 3.09. The molecule has 0 aliphatic carbocycles. The molecule has 0 unspecified atom stereocenters. The summed E-state index contributed by atoms with van der Waals surface area (Å²) in [6, 6.07) is 7.38. The van der Waals surface area contributed by atoms with Crippen LogP contribution in [0.3, 0.4) is 0 Å². The van der Waals surface area contributed by atoms with Crippen molar-refractivity contribution < 1.29 is 23.9 Å². The van der Waals surface area contributed by atoms with Crippen molar-refractivity contribution in [2.24, 2.45) is 0 Å². The van der Waals surface area contributed by atoms with Gasteiger partial charge in [0.25, 0.3) is 5.91 Å². The van der Waals surface area contributed by atoms with Gasteiger partial charge in [0.2, 0.25) is 6.10 Å². The highest BCUT2D eigenvalue weighted by molar-refractivity contribution is 7.21. The molecular weight excluding hydrogens is 342 g/mol. The van der Waals surface area contributed by atoms with E-state index in [1.54, 1.807) is 0 Å². The summed E-state index contributed by atoms with van der Waals surface area (Å²) < 4.78 is 10.5. The Morgan fingerprint density at radius 3 is 2.87 bits per heavy atom. The van der Waals surface area contributed by atoms with Crippen molar-refractivity contribution in [1.82, 2.24) is 5.32 Å². The minimum Gasteiger partial charge on any atom is -0.463 e. The number of thiophene rings is 1. The molecule has 0 radical (unpaired) electrons. The maximum atomic E-state index is 12.2. The van der Waals surface area contributed by atoms with Gasteiger partial charge in [-0.25, -0.2) is 4.79 Å². The molecule has 0 spiro atoms. The molecule has 1 aromatic heterocycles. The Morgan fingerprint density at radius 1 is 1.39 bits per heavy atom. The fourth-order valence-electron chi connectivity index (χ4n) is 2.18. The molecule has 1 fully saturated rings. The number of benzene rings is 1. The molecule has 2 aromatic rings. The van der Waals surface area contributed by atoms with Crippen LogP contribution in [0.25, 0.3) is 10.1 Å². The molecule has 1 atom stereocenters. The summed E-state index contributed by atoms with van der Waals surface area (Å²) in [5, 5.41) is 3.60. The lowest BCUT2D eigenvalue weighted by Gasteiger charge is -2.08. The van der Waals surface area contributed by atoms with Gasteiger partial charge in [0.05, 0.1) is 11.6 Å². The Morgan fingerprint density at radius 2 is 2.17 bits per heavy atom. The van der Waals surface area contributed by atoms with Crippen molar-refractivity contribution in [3.63, 3.8) is 0 Å². The number of fused-ring (bicyclic) bond motifs is 1. The third-order valence-electron chi connectivity index (χ3n) is 3.30. The third-order valence-corrected chi connectivity index (χ3v) is 4.97. The second-order valence-electron chi connectivity index (χ2n) is 4.86. The van der Waals surface area contributed by atoms with Crippen LogP contribution in [0.1, 0.15) is 16.1 Å². The second-order valence-corrected chi connectivity index (χ2v) is 6.29. The van der Waals surface area contributed by atoms with Crippen LogP contribution in [-0.2, 0) is 19.1 Å². The fourth-order valence-corrected chi connectivity index (χ4v) is 3.61. The molecule has 6 nitrogen and oxygen atoms in total. The van der Waals surface area contributed by atoms with Crippen LogP contribution < -0.4 is 5.32 Å². The van der Waals surface area contributed by atoms with E-state index in [-0.39, 0.29) is 13.2 Å². The van der Waals surface area contributed by atoms with Gasteiger partial charge in [0, 0.05) is 16.5 Å². The van der Waals surface area contributed by atoms with Gasteiger partial charge < -0.3 is 14.8 Å². The number of nitrogens with one attached hydrogen (secondary N) is 1. The van der Waals surface area contributed by atoms with E-state index in [1.807, 2.05) is 24.3 Å². The summed E-state index contributed by atoms with van der Waals surface area (Å²) in [4.78, 5) is 35.4. The molecule has 3 rings (SSSR count). The second kappa shape index (κ2) is 6.55. The van der Waals surface area contributed by atoms with Crippen LogP contribution in [0.5, 0.6) is 0 Å². The van der Waals surface area contributed by atoms with Crippen molar-refractivity contribution >= 4 is 50.9 Å². The zero-order valence-corrected chi connectivity index (χ0v) is 13.4. The Hall–Kier alpha value is -2.12. The quantitative estimate of drug-likeness (QED) is 0.852. The van der Waals surface area contributed by atoms with Gasteiger partial charge in [0.15, 0.2) is 0 Å². The van der Waals surface area contributed by atoms with Crippen LogP contribution in [0.4, 0.5) is 0 Å². The number of carbonyl (C=O) groups is 3. The van der Waals surface area contributed by atoms with E-state index in [2.05, 4.69) is 5.32 Å². The number of carbonyl (C=O) groups excluding carboxylic acids is 3. The summed E-state index contributed by atoms with van der Waals surface area (Å²) in [5.41, 5.74) is 0. The van der Waals surface area contributed by atoms with Crippen LogP contribution in [-0.4, -0.2) is 37.1 Å². The topological polar surface area (TPSA) is 81.7 Å². The zero-order valence-electron chi connectivity index (χ0n) is 11.8. The number of esters is 2. The summed E-state index contributed by atoms with van der Waals surface area (Å²) in [5.74, 6) is -1.71. The highest BCUT2D eigenvalue weighted by Crippen LogP contribution is 2.34. The molecule has 1 N–H and O–H groups in total. The fraction of sp³-hybridized carbons (Fsp3) is 0.267. The Bertz CT molecular complexity index is 787. The minimum atomic E-state index is -0.882. The molecule has 1 amide bonds. The molecule has 1 aromatic carbocycles. The number of halogens is 1. The van der Waals surface area contributed by atoms with E-state index >= 15 is 0 Å². The molecule has 23 heavy (non-hydrogen) atoms. The van der Waals surface area contributed by atoms with Gasteiger partial charge in [-0.05, 0) is 6.07 Å². The molecule has 0 bridgehead atoms. The summed E-state index contributed by atoms with van der Waals surface area (Å²) in [6.45, 7) is -0.103. The van der Waals surface area contributed by atoms with E-state index in [1.165, 1.54) is 11.3 Å². The third kappa shape index (κ3) is 3.30. The first kappa shape index (κ1) is 15.8. The lowest BCUT2D eigenvalue weighted by Crippen LogP contribution is -2.33. The number of cyclic esters (lactones) is 1. The van der Waals surface area contributed by atoms with Gasteiger partial charge in [-0.2, -0.15) is 0 Å². The maximum Gasteiger partial charge on any atom is 0.347 e. The molecule has 8 heteroatoms. The number of hydrogen-bond donors (Lipinski definition) is 1. The van der Waals surface area contributed by atoms with E-state index in [0.717, 1.165) is 10.1 Å². The Kier molecular flexibility index (Phi) is 4.49. The number of hydrogen-bond acceptors (Lipinski definition) is 6. The van der Waals surface area contributed by atoms with Gasteiger partial charge in [0.1, 0.15) is 11.4 Å². The van der Waals surface area contributed by atoms with Gasteiger partial charge in [-0.15, -0.1) is 11.3 Å². The first-order valence-electron chi connectivity index (χ1n) is 6.87. The molecule has 120 valence electrons. The monoisotopic (exact) mass is 353 g/mol. The molecule has 2 heterocycles. The van der Waals surface area contributed by atoms with Crippen LogP contribution in [0.2, 0.25) is 5.02 Å². The molecule has 1 aliphatic rings. The van der Waals surface area contributed by atoms with E-state index < -0.39 is 23.9 Å². The van der Waals surface area contributed by atoms with Crippen molar-refractivity contribution in [3.8, 4) is 0 Å². The van der Waals surface area contributed by atoms with E-state index in [9.17, 15) is 14.4 Å². The number of amides is 1. The Balaban J connectivity index is 1.61. The predicted molar refractivity (Wildman–Crippen MR) is 84.6 cm³/mol. The highest BCUT2D eigenvalue weighted by atomic mass is 35.5. The summed E-state index contributed by atoms with van der Waals surface area (Å²) in [6.07, 6.45) is -0.548. The van der Waals surface area contributed by atoms with Gasteiger partial charge in [-0.3, -0.25) is 9.59 Å². The van der Waals surface area contributed by atoms with Crippen molar-refractivity contribution in [2.45, 2.75) is 12.5 Å². The smallest absolute Gasteiger partial charge is 0.347 e.